The Bertz CT molecular complexity index is 374. The van der Waals surface area contributed by atoms with Crippen molar-refractivity contribution in [3.05, 3.63) is 29.8 Å². The lowest BCUT2D eigenvalue weighted by Crippen LogP contribution is -2.57. The highest BCUT2D eigenvalue weighted by molar-refractivity contribution is 5.39. The molecule has 0 atom stereocenters. The van der Waals surface area contributed by atoms with Crippen molar-refractivity contribution >= 4 is 5.69 Å². The molecule has 1 spiro atoms. The average molecular weight is 232 g/mol. The van der Waals surface area contributed by atoms with E-state index in [-0.39, 0.29) is 0 Å². The van der Waals surface area contributed by atoms with E-state index in [1.807, 2.05) is 12.1 Å². The Balaban J connectivity index is 1.54. The van der Waals surface area contributed by atoms with Gasteiger partial charge in [-0.25, -0.2) is 0 Å². The molecule has 0 radical (unpaired) electrons. The standard InChI is InChI=1S/C14H20N2O/c15-13-3-1-12(2-4-13)9-16-10-14(11-16)5-7-17-8-6-14/h1-4H,5-11,15H2. The molecule has 2 aliphatic heterocycles. The van der Waals surface area contributed by atoms with Crippen LogP contribution in [0, 0.1) is 5.41 Å². The summed E-state index contributed by atoms with van der Waals surface area (Å²) >= 11 is 0. The van der Waals surface area contributed by atoms with E-state index in [0.29, 0.717) is 5.41 Å². The van der Waals surface area contributed by atoms with E-state index in [9.17, 15) is 0 Å². The van der Waals surface area contributed by atoms with E-state index in [1.165, 1.54) is 31.5 Å². The highest BCUT2D eigenvalue weighted by Gasteiger charge is 2.43. The normalized spacial score (nSPS) is 23.5. The number of hydrogen-bond acceptors (Lipinski definition) is 3. The molecule has 2 N–H and O–H groups in total. The van der Waals surface area contributed by atoms with Crippen LogP contribution in [-0.4, -0.2) is 31.2 Å². The van der Waals surface area contributed by atoms with Crippen molar-refractivity contribution < 1.29 is 4.74 Å². The van der Waals surface area contributed by atoms with Crippen LogP contribution in [0.25, 0.3) is 0 Å². The first kappa shape index (κ1) is 11.1. The van der Waals surface area contributed by atoms with E-state index in [0.717, 1.165) is 25.4 Å². The van der Waals surface area contributed by atoms with Gasteiger partial charge in [0.25, 0.3) is 0 Å². The monoisotopic (exact) mass is 232 g/mol. The third-order valence-electron chi connectivity index (χ3n) is 4.06. The zero-order valence-electron chi connectivity index (χ0n) is 10.2. The topological polar surface area (TPSA) is 38.5 Å². The van der Waals surface area contributed by atoms with Crippen LogP contribution >= 0.6 is 0 Å². The lowest BCUT2D eigenvalue weighted by Gasteiger charge is -2.52. The fourth-order valence-corrected chi connectivity index (χ4v) is 3.02. The Morgan fingerprint density at radius 3 is 2.41 bits per heavy atom. The molecule has 0 amide bonds. The van der Waals surface area contributed by atoms with Gasteiger partial charge in [0.1, 0.15) is 0 Å². The molecule has 2 aliphatic rings. The predicted molar refractivity (Wildman–Crippen MR) is 68.6 cm³/mol. The van der Waals surface area contributed by atoms with Crippen LogP contribution in [0.1, 0.15) is 18.4 Å². The van der Waals surface area contributed by atoms with Crippen LogP contribution in [0.4, 0.5) is 5.69 Å². The molecular weight excluding hydrogens is 212 g/mol. The number of hydrogen-bond donors (Lipinski definition) is 1. The molecule has 3 heteroatoms. The van der Waals surface area contributed by atoms with Crippen molar-refractivity contribution in [1.82, 2.24) is 4.90 Å². The minimum atomic E-state index is 0.575. The molecule has 92 valence electrons. The maximum atomic E-state index is 5.69. The molecule has 1 aromatic carbocycles. The molecule has 17 heavy (non-hydrogen) atoms. The van der Waals surface area contributed by atoms with Gasteiger partial charge in [-0.05, 0) is 30.5 Å². The highest BCUT2D eigenvalue weighted by Crippen LogP contribution is 2.40. The molecule has 0 saturated carbocycles. The maximum absolute atomic E-state index is 5.69. The molecule has 2 saturated heterocycles. The van der Waals surface area contributed by atoms with Crippen LogP contribution in [0.15, 0.2) is 24.3 Å². The van der Waals surface area contributed by atoms with E-state index in [1.54, 1.807) is 0 Å². The van der Waals surface area contributed by atoms with Crippen LogP contribution < -0.4 is 5.73 Å². The summed E-state index contributed by atoms with van der Waals surface area (Å²) in [6, 6.07) is 8.23. The van der Waals surface area contributed by atoms with Crippen molar-refractivity contribution in [2.75, 3.05) is 32.0 Å². The fourth-order valence-electron chi connectivity index (χ4n) is 3.02. The number of anilines is 1. The van der Waals surface area contributed by atoms with Crippen molar-refractivity contribution in [2.45, 2.75) is 19.4 Å². The molecule has 1 aromatic rings. The van der Waals surface area contributed by atoms with Crippen molar-refractivity contribution in [1.29, 1.82) is 0 Å². The molecular formula is C14H20N2O. The SMILES string of the molecule is Nc1ccc(CN2CC3(CCOCC3)C2)cc1. The highest BCUT2D eigenvalue weighted by atomic mass is 16.5. The van der Waals surface area contributed by atoms with Gasteiger partial charge in [0.2, 0.25) is 0 Å². The average Bonchev–Trinajstić information content (AvgIpc) is 2.31. The minimum absolute atomic E-state index is 0.575. The summed E-state index contributed by atoms with van der Waals surface area (Å²) < 4.78 is 5.43. The molecule has 3 nitrogen and oxygen atoms in total. The van der Waals surface area contributed by atoms with Gasteiger partial charge in [-0.1, -0.05) is 12.1 Å². The van der Waals surface area contributed by atoms with Crippen LogP contribution in [0.5, 0.6) is 0 Å². The van der Waals surface area contributed by atoms with Gasteiger partial charge in [-0.3, -0.25) is 4.90 Å². The Morgan fingerprint density at radius 2 is 1.76 bits per heavy atom. The third-order valence-corrected chi connectivity index (χ3v) is 4.06. The van der Waals surface area contributed by atoms with Crippen molar-refractivity contribution in [3.63, 3.8) is 0 Å². The number of benzene rings is 1. The summed E-state index contributed by atoms with van der Waals surface area (Å²) in [7, 11) is 0. The van der Waals surface area contributed by atoms with E-state index < -0.39 is 0 Å². The van der Waals surface area contributed by atoms with Crippen LogP contribution in [-0.2, 0) is 11.3 Å². The van der Waals surface area contributed by atoms with Crippen molar-refractivity contribution in [2.24, 2.45) is 5.41 Å². The van der Waals surface area contributed by atoms with Gasteiger partial charge < -0.3 is 10.5 Å². The molecule has 2 heterocycles. The van der Waals surface area contributed by atoms with Gasteiger partial charge in [0.05, 0.1) is 0 Å². The van der Waals surface area contributed by atoms with Crippen LogP contribution in [0.2, 0.25) is 0 Å². The first-order valence-electron chi connectivity index (χ1n) is 6.40. The summed E-state index contributed by atoms with van der Waals surface area (Å²) in [5, 5.41) is 0. The zero-order chi connectivity index (χ0) is 11.7. The largest absolute Gasteiger partial charge is 0.399 e. The molecule has 0 aromatic heterocycles. The first-order valence-corrected chi connectivity index (χ1v) is 6.40. The van der Waals surface area contributed by atoms with E-state index in [4.69, 9.17) is 10.5 Å². The summed E-state index contributed by atoms with van der Waals surface area (Å²) in [5.74, 6) is 0. The summed E-state index contributed by atoms with van der Waals surface area (Å²) in [6.45, 7) is 5.44. The Labute approximate surface area is 103 Å². The Morgan fingerprint density at radius 1 is 1.12 bits per heavy atom. The number of nitrogens with zero attached hydrogens (tertiary/aromatic N) is 1. The predicted octanol–water partition coefficient (Wildman–Crippen LogP) is 1.88. The first-order chi connectivity index (χ1) is 8.26. The summed E-state index contributed by atoms with van der Waals surface area (Å²) in [5.41, 5.74) is 8.47. The lowest BCUT2D eigenvalue weighted by atomic mass is 9.73. The number of nitrogen functional groups attached to an aromatic ring is 1. The number of likely N-dealkylation sites (tertiary alicyclic amines) is 1. The number of ether oxygens (including phenoxy) is 1. The third kappa shape index (κ3) is 2.31. The van der Waals surface area contributed by atoms with Gasteiger partial charge in [-0.15, -0.1) is 0 Å². The maximum Gasteiger partial charge on any atom is 0.0472 e. The van der Waals surface area contributed by atoms with Crippen molar-refractivity contribution in [3.8, 4) is 0 Å². The van der Waals surface area contributed by atoms with Gasteiger partial charge >= 0.3 is 0 Å². The smallest absolute Gasteiger partial charge is 0.0472 e. The number of nitrogens with two attached hydrogens (primary N) is 1. The number of rotatable bonds is 2. The second-order valence-electron chi connectivity index (χ2n) is 5.50. The van der Waals surface area contributed by atoms with E-state index >= 15 is 0 Å². The Kier molecular flexibility index (Phi) is 2.81. The molecule has 3 rings (SSSR count). The lowest BCUT2D eigenvalue weighted by molar-refractivity contribution is -0.0839. The second-order valence-corrected chi connectivity index (χ2v) is 5.50. The fraction of sp³-hybridized carbons (Fsp3) is 0.571. The minimum Gasteiger partial charge on any atom is -0.399 e. The zero-order valence-corrected chi connectivity index (χ0v) is 10.2. The van der Waals surface area contributed by atoms with E-state index in [2.05, 4.69) is 17.0 Å². The molecule has 0 unspecified atom stereocenters. The molecule has 2 fully saturated rings. The van der Waals surface area contributed by atoms with Crippen LogP contribution in [0.3, 0.4) is 0 Å². The van der Waals surface area contributed by atoms with Gasteiger partial charge in [-0.2, -0.15) is 0 Å². The quantitative estimate of drug-likeness (QED) is 0.791. The summed E-state index contributed by atoms with van der Waals surface area (Å²) in [4.78, 5) is 2.52. The second kappa shape index (κ2) is 4.31. The van der Waals surface area contributed by atoms with Gasteiger partial charge in [0.15, 0.2) is 0 Å². The Hall–Kier alpha value is -1.06. The summed E-state index contributed by atoms with van der Waals surface area (Å²) in [6.07, 6.45) is 2.48. The molecule has 0 bridgehead atoms. The van der Waals surface area contributed by atoms with Gasteiger partial charge in [0, 0.05) is 44.0 Å². The molecule has 0 aliphatic carbocycles.